The van der Waals surface area contributed by atoms with Gasteiger partial charge in [-0.05, 0) is 11.4 Å². The van der Waals surface area contributed by atoms with Crippen LogP contribution in [0, 0.1) is 5.41 Å². The van der Waals surface area contributed by atoms with E-state index < -0.39 is 0 Å². The first-order chi connectivity index (χ1) is 15.1. The van der Waals surface area contributed by atoms with Crippen molar-refractivity contribution in [2.24, 2.45) is 7.05 Å². The third-order valence-corrected chi connectivity index (χ3v) is 6.63. The van der Waals surface area contributed by atoms with Gasteiger partial charge in [0.15, 0.2) is 0 Å². The Bertz CT molecular complexity index is 1420. The normalized spacial score (nSPS) is 15.8. The van der Waals surface area contributed by atoms with Gasteiger partial charge in [0, 0.05) is 43.0 Å². The highest BCUT2D eigenvalue weighted by molar-refractivity contribution is 7.10. The monoisotopic (exact) mass is 435 g/mol. The number of nitrogens with zero attached hydrogens (tertiary/aromatic N) is 3. The van der Waals surface area contributed by atoms with Crippen molar-refractivity contribution in [3.63, 3.8) is 0 Å². The van der Waals surface area contributed by atoms with Gasteiger partial charge in [-0.25, -0.2) is 4.79 Å². The molecule has 8 nitrogen and oxygen atoms in total. The third-order valence-electron chi connectivity index (χ3n) is 5.66. The van der Waals surface area contributed by atoms with Crippen molar-refractivity contribution in [2.75, 3.05) is 20.8 Å². The SMILES string of the molecule is CN/C=C(\C=N)c1c(OC)cc2ncc3c4c2c1OCC(c1cccs1)n4c(=O)n3C. The largest absolute Gasteiger partial charge is 0.496 e. The molecule has 0 saturated heterocycles. The van der Waals surface area contributed by atoms with Gasteiger partial charge in [-0.2, -0.15) is 0 Å². The number of rotatable bonds is 5. The number of aryl methyl sites for hydroxylation is 1. The van der Waals surface area contributed by atoms with Gasteiger partial charge in [0.1, 0.15) is 24.1 Å². The van der Waals surface area contributed by atoms with Crippen LogP contribution in [-0.2, 0) is 7.05 Å². The molecule has 1 unspecified atom stereocenters. The quantitative estimate of drug-likeness (QED) is 0.470. The second-order valence-electron chi connectivity index (χ2n) is 7.26. The Balaban J connectivity index is 1.97. The summed E-state index contributed by atoms with van der Waals surface area (Å²) in [6, 6.07) is 5.55. The Kier molecular flexibility index (Phi) is 4.55. The van der Waals surface area contributed by atoms with E-state index in [1.54, 1.807) is 49.5 Å². The maximum absolute atomic E-state index is 13.3. The molecular formula is C22H21N5O3S. The van der Waals surface area contributed by atoms with Crippen molar-refractivity contribution < 1.29 is 9.47 Å². The summed E-state index contributed by atoms with van der Waals surface area (Å²) >= 11 is 1.59. The number of thiophene rings is 1. The fourth-order valence-electron chi connectivity index (χ4n) is 4.26. The van der Waals surface area contributed by atoms with E-state index in [0.717, 1.165) is 21.3 Å². The minimum Gasteiger partial charge on any atom is -0.496 e. The molecule has 0 amide bonds. The minimum absolute atomic E-state index is 0.116. The van der Waals surface area contributed by atoms with Crippen LogP contribution in [0.1, 0.15) is 16.5 Å². The molecule has 9 heteroatoms. The molecule has 1 aromatic carbocycles. The predicted molar refractivity (Wildman–Crippen MR) is 123 cm³/mol. The molecule has 0 bridgehead atoms. The summed E-state index contributed by atoms with van der Waals surface area (Å²) < 4.78 is 15.5. The highest BCUT2D eigenvalue weighted by atomic mass is 32.1. The minimum atomic E-state index is -0.273. The van der Waals surface area contributed by atoms with Gasteiger partial charge in [-0.3, -0.25) is 14.1 Å². The van der Waals surface area contributed by atoms with E-state index in [4.69, 9.17) is 14.9 Å². The number of nitrogens with one attached hydrogen (secondary N) is 2. The molecule has 0 saturated carbocycles. The number of methoxy groups -OCH3 is 1. The van der Waals surface area contributed by atoms with Crippen LogP contribution in [0.4, 0.5) is 0 Å². The zero-order valence-corrected chi connectivity index (χ0v) is 18.1. The first-order valence-electron chi connectivity index (χ1n) is 9.75. The van der Waals surface area contributed by atoms with Gasteiger partial charge in [-0.15, -0.1) is 11.3 Å². The van der Waals surface area contributed by atoms with Crippen LogP contribution in [0.25, 0.3) is 27.5 Å². The highest BCUT2D eigenvalue weighted by Gasteiger charge is 2.31. The Morgan fingerprint density at radius 1 is 1.48 bits per heavy atom. The molecule has 4 aromatic rings. The summed E-state index contributed by atoms with van der Waals surface area (Å²) in [6.45, 7) is 0.272. The lowest BCUT2D eigenvalue weighted by Crippen LogP contribution is -2.29. The summed E-state index contributed by atoms with van der Waals surface area (Å²) in [7, 11) is 5.12. The molecule has 1 atom stereocenters. The fraction of sp³-hybridized carbons (Fsp3) is 0.227. The van der Waals surface area contributed by atoms with Crippen molar-refractivity contribution in [1.29, 1.82) is 5.41 Å². The molecule has 0 aliphatic carbocycles. The second kappa shape index (κ2) is 7.28. The van der Waals surface area contributed by atoms with Crippen LogP contribution in [-0.4, -0.2) is 41.1 Å². The summed E-state index contributed by atoms with van der Waals surface area (Å²) in [5, 5.41) is 13.7. The topological polar surface area (TPSA) is 94.2 Å². The van der Waals surface area contributed by atoms with Gasteiger partial charge in [0.2, 0.25) is 0 Å². The molecule has 0 fully saturated rings. The van der Waals surface area contributed by atoms with Crippen LogP contribution in [0.15, 0.2) is 40.8 Å². The lowest BCUT2D eigenvalue weighted by molar-refractivity contribution is 0.278. The summed E-state index contributed by atoms with van der Waals surface area (Å²) in [6.07, 6.45) is 4.70. The van der Waals surface area contributed by atoms with Gasteiger partial charge in [0.05, 0.1) is 40.8 Å². The number of pyridine rings is 1. The van der Waals surface area contributed by atoms with Crippen molar-refractivity contribution in [3.8, 4) is 11.5 Å². The van der Waals surface area contributed by atoms with Crippen molar-refractivity contribution in [2.45, 2.75) is 6.04 Å². The molecule has 4 heterocycles. The Labute approximate surface area is 181 Å². The molecule has 158 valence electrons. The first kappa shape index (κ1) is 19.4. The van der Waals surface area contributed by atoms with Gasteiger partial charge in [0.25, 0.3) is 0 Å². The number of allylic oxidation sites excluding steroid dienone is 1. The zero-order valence-electron chi connectivity index (χ0n) is 17.3. The van der Waals surface area contributed by atoms with Gasteiger partial charge < -0.3 is 20.2 Å². The Morgan fingerprint density at radius 2 is 2.32 bits per heavy atom. The van der Waals surface area contributed by atoms with Crippen molar-refractivity contribution in [3.05, 3.63) is 56.9 Å². The number of aromatic nitrogens is 3. The van der Waals surface area contributed by atoms with Crippen LogP contribution < -0.4 is 20.5 Å². The van der Waals surface area contributed by atoms with E-state index in [9.17, 15) is 4.79 Å². The maximum atomic E-state index is 13.3. The van der Waals surface area contributed by atoms with E-state index in [0.29, 0.717) is 28.2 Å². The maximum Gasteiger partial charge on any atom is 0.329 e. The number of ether oxygens (including phenoxy) is 2. The average Bonchev–Trinajstić information content (AvgIpc) is 3.35. The number of benzene rings is 1. The van der Waals surface area contributed by atoms with E-state index >= 15 is 0 Å². The lowest BCUT2D eigenvalue weighted by Gasteiger charge is -2.18. The Hall–Kier alpha value is -3.59. The van der Waals surface area contributed by atoms with Gasteiger partial charge in [-0.1, -0.05) is 6.07 Å². The van der Waals surface area contributed by atoms with Crippen LogP contribution in [0.3, 0.4) is 0 Å². The lowest BCUT2D eigenvalue weighted by atomic mass is 10.0. The molecule has 1 aliphatic rings. The Morgan fingerprint density at radius 3 is 3.00 bits per heavy atom. The number of imidazole rings is 1. The number of hydrogen-bond donors (Lipinski definition) is 2. The van der Waals surface area contributed by atoms with Crippen molar-refractivity contribution in [1.82, 2.24) is 19.4 Å². The second-order valence-corrected chi connectivity index (χ2v) is 8.23. The van der Waals surface area contributed by atoms with Crippen LogP contribution >= 0.6 is 11.3 Å². The zero-order chi connectivity index (χ0) is 21.7. The van der Waals surface area contributed by atoms with Gasteiger partial charge >= 0.3 is 5.69 Å². The summed E-state index contributed by atoms with van der Waals surface area (Å²) in [5.74, 6) is 1.12. The van der Waals surface area contributed by atoms with Crippen molar-refractivity contribution >= 4 is 45.1 Å². The molecule has 5 rings (SSSR count). The van der Waals surface area contributed by atoms with E-state index in [2.05, 4.69) is 10.3 Å². The smallest absolute Gasteiger partial charge is 0.329 e. The highest BCUT2D eigenvalue weighted by Crippen LogP contribution is 2.45. The van der Waals surface area contributed by atoms with E-state index in [1.165, 1.54) is 6.21 Å². The molecular weight excluding hydrogens is 414 g/mol. The molecule has 1 aliphatic heterocycles. The predicted octanol–water partition coefficient (Wildman–Crippen LogP) is 3.15. The fourth-order valence-corrected chi connectivity index (χ4v) is 5.06. The molecule has 0 spiro atoms. The molecule has 3 aromatic heterocycles. The van der Waals surface area contributed by atoms with E-state index in [1.807, 2.05) is 28.1 Å². The molecule has 31 heavy (non-hydrogen) atoms. The summed E-state index contributed by atoms with van der Waals surface area (Å²) in [4.78, 5) is 19.0. The molecule has 0 radical (unpaired) electrons. The van der Waals surface area contributed by atoms with Crippen LogP contribution in [0.5, 0.6) is 11.5 Å². The molecule has 2 N–H and O–H groups in total. The third kappa shape index (κ3) is 2.70. The first-order valence-corrected chi connectivity index (χ1v) is 10.6. The standard InChI is InChI=1S/C22H21N5O3S/c1-24-9-12(8-23)18-16(29-3)7-13-19-20-14(10-25-13)26(2)22(28)27(20)15(11-30-21(18)19)17-5-4-6-31-17/h4-10,15,23-24H,11H2,1-3H3/b12-9+,23-8?. The number of hydrogen-bond acceptors (Lipinski definition) is 7. The van der Waals surface area contributed by atoms with E-state index in [-0.39, 0.29) is 18.3 Å². The van der Waals surface area contributed by atoms with Crippen LogP contribution in [0.2, 0.25) is 0 Å². The average molecular weight is 436 g/mol. The summed E-state index contributed by atoms with van der Waals surface area (Å²) in [5.41, 5.74) is 3.32.